The van der Waals surface area contributed by atoms with Crippen LogP contribution in [0.15, 0.2) is 44.9 Å². The second kappa shape index (κ2) is 6.94. The van der Waals surface area contributed by atoms with E-state index in [4.69, 9.17) is 4.42 Å². The van der Waals surface area contributed by atoms with E-state index in [1.54, 1.807) is 22.3 Å². The molecule has 1 aliphatic rings. The van der Waals surface area contributed by atoms with Crippen molar-refractivity contribution in [3.63, 3.8) is 0 Å². The largest absolute Gasteiger partial charge is 0.450 e. The normalized spacial score (nSPS) is 16.5. The van der Waals surface area contributed by atoms with Gasteiger partial charge in [-0.15, -0.1) is 11.3 Å². The van der Waals surface area contributed by atoms with Gasteiger partial charge in [0.25, 0.3) is 5.91 Å². The second-order valence-corrected chi connectivity index (χ2v) is 8.06. The molecule has 1 aliphatic heterocycles. The predicted octanol–water partition coefficient (Wildman–Crippen LogP) is 3.52. The van der Waals surface area contributed by atoms with Crippen LogP contribution in [0.5, 0.6) is 0 Å². The summed E-state index contributed by atoms with van der Waals surface area (Å²) >= 11 is 1.56. The van der Waals surface area contributed by atoms with Gasteiger partial charge < -0.3 is 14.2 Å². The summed E-state index contributed by atoms with van der Waals surface area (Å²) in [6, 6.07) is 9.18. The van der Waals surface area contributed by atoms with Crippen LogP contribution in [0.2, 0.25) is 0 Å². The molecule has 3 aromatic rings. The summed E-state index contributed by atoms with van der Waals surface area (Å²) in [5.41, 5.74) is 1.93. The molecule has 3 heterocycles. The standard InChI is InChI=1S/C21H22N2O3S/c1-4-13-7-8-15-14(12-13)19(24)17-18(16-6-5-11-27-16)23(10-9-22(2)3)21(25)20(17)26-15/h5-8,11-12,18H,4,9-10H2,1-3H3. The summed E-state index contributed by atoms with van der Waals surface area (Å²) in [7, 11) is 3.94. The van der Waals surface area contributed by atoms with Crippen LogP contribution in [0, 0.1) is 0 Å². The van der Waals surface area contributed by atoms with Crippen molar-refractivity contribution in [1.82, 2.24) is 9.80 Å². The highest BCUT2D eigenvalue weighted by atomic mass is 32.1. The molecule has 0 spiro atoms. The van der Waals surface area contributed by atoms with Crippen molar-refractivity contribution >= 4 is 28.2 Å². The smallest absolute Gasteiger partial charge is 0.290 e. The van der Waals surface area contributed by atoms with E-state index in [1.807, 2.05) is 48.6 Å². The highest BCUT2D eigenvalue weighted by Gasteiger charge is 2.42. The van der Waals surface area contributed by atoms with E-state index >= 15 is 0 Å². The van der Waals surface area contributed by atoms with Crippen molar-refractivity contribution in [2.24, 2.45) is 0 Å². The molecular formula is C21H22N2O3S. The number of nitrogens with zero attached hydrogens (tertiary/aromatic N) is 2. The molecule has 0 fully saturated rings. The lowest BCUT2D eigenvalue weighted by atomic mass is 10.0. The fourth-order valence-electron chi connectivity index (χ4n) is 3.57. The molecule has 0 N–H and O–H groups in total. The Morgan fingerprint density at radius 3 is 2.70 bits per heavy atom. The molecule has 0 saturated carbocycles. The number of amides is 1. The summed E-state index contributed by atoms with van der Waals surface area (Å²) in [4.78, 5) is 31.3. The molecule has 0 aliphatic carbocycles. The van der Waals surface area contributed by atoms with Gasteiger partial charge >= 0.3 is 0 Å². The van der Waals surface area contributed by atoms with E-state index in [9.17, 15) is 9.59 Å². The average molecular weight is 382 g/mol. The van der Waals surface area contributed by atoms with Crippen molar-refractivity contribution in [1.29, 1.82) is 0 Å². The van der Waals surface area contributed by atoms with Crippen molar-refractivity contribution in [3.05, 3.63) is 67.7 Å². The number of likely N-dealkylation sites (N-methyl/N-ethyl adjacent to an activating group) is 1. The number of hydrogen-bond donors (Lipinski definition) is 0. The number of thiophene rings is 1. The molecule has 0 saturated heterocycles. The molecule has 1 unspecified atom stereocenters. The number of carbonyl (C=O) groups excluding carboxylic acids is 1. The maximum atomic E-state index is 13.4. The van der Waals surface area contributed by atoms with Gasteiger partial charge in [-0.2, -0.15) is 0 Å². The zero-order valence-electron chi connectivity index (χ0n) is 15.7. The van der Waals surface area contributed by atoms with Gasteiger partial charge in [-0.1, -0.05) is 19.1 Å². The van der Waals surface area contributed by atoms with Gasteiger partial charge in [-0.25, -0.2) is 0 Å². The summed E-state index contributed by atoms with van der Waals surface area (Å²) in [5, 5.41) is 2.52. The minimum atomic E-state index is -0.376. The Kier molecular flexibility index (Phi) is 4.61. The Hall–Kier alpha value is -2.44. The fourth-order valence-corrected chi connectivity index (χ4v) is 4.41. The van der Waals surface area contributed by atoms with Gasteiger partial charge in [0.05, 0.1) is 17.0 Å². The van der Waals surface area contributed by atoms with Gasteiger partial charge in [0.1, 0.15) is 5.58 Å². The summed E-state index contributed by atoms with van der Waals surface area (Å²) in [6.07, 6.45) is 0.842. The number of fused-ring (bicyclic) bond motifs is 2. The molecule has 140 valence electrons. The minimum Gasteiger partial charge on any atom is -0.450 e. The molecule has 1 atom stereocenters. The van der Waals surface area contributed by atoms with Gasteiger partial charge in [0, 0.05) is 18.0 Å². The molecule has 27 heavy (non-hydrogen) atoms. The van der Waals surface area contributed by atoms with E-state index in [0.29, 0.717) is 23.1 Å². The lowest BCUT2D eigenvalue weighted by Gasteiger charge is -2.25. The molecule has 0 radical (unpaired) electrons. The first-order valence-corrected chi connectivity index (χ1v) is 9.98. The second-order valence-electron chi connectivity index (χ2n) is 7.08. The van der Waals surface area contributed by atoms with Gasteiger partial charge in [-0.05, 0) is 49.7 Å². The lowest BCUT2D eigenvalue weighted by molar-refractivity contribution is 0.0718. The number of benzene rings is 1. The number of carbonyl (C=O) groups is 1. The van der Waals surface area contributed by atoms with Crippen molar-refractivity contribution in [2.45, 2.75) is 19.4 Å². The third-order valence-corrected chi connectivity index (χ3v) is 5.96. The summed E-state index contributed by atoms with van der Waals surface area (Å²) < 4.78 is 5.96. The van der Waals surface area contributed by atoms with Gasteiger partial charge in [0.2, 0.25) is 5.76 Å². The molecule has 0 bridgehead atoms. The highest BCUT2D eigenvalue weighted by molar-refractivity contribution is 7.10. The minimum absolute atomic E-state index is 0.0966. The van der Waals surface area contributed by atoms with E-state index in [1.165, 1.54) is 0 Å². The quantitative estimate of drug-likeness (QED) is 0.677. The van der Waals surface area contributed by atoms with Gasteiger partial charge in [0.15, 0.2) is 5.43 Å². The molecular weight excluding hydrogens is 360 g/mol. The highest BCUT2D eigenvalue weighted by Crippen LogP contribution is 2.39. The third kappa shape index (κ3) is 2.99. The van der Waals surface area contributed by atoms with E-state index in [2.05, 4.69) is 6.92 Å². The molecule has 1 amide bonds. The molecule has 5 nitrogen and oxygen atoms in total. The number of rotatable bonds is 5. The maximum absolute atomic E-state index is 13.4. The van der Waals surface area contributed by atoms with Crippen LogP contribution in [-0.2, 0) is 6.42 Å². The first kappa shape index (κ1) is 17.9. The first-order valence-electron chi connectivity index (χ1n) is 9.10. The maximum Gasteiger partial charge on any atom is 0.290 e. The Balaban J connectivity index is 1.93. The fraction of sp³-hybridized carbons (Fsp3) is 0.333. The molecule has 2 aromatic heterocycles. The molecule has 6 heteroatoms. The first-order chi connectivity index (χ1) is 13.0. The Morgan fingerprint density at radius 2 is 2.04 bits per heavy atom. The van der Waals surface area contributed by atoms with Crippen LogP contribution in [0.1, 0.15) is 39.5 Å². The number of aryl methyl sites for hydroxylation is 1. The van der Waals surface area contributed by atoms with Crippen molar-refractivity contribution in [3.8, 4) is 0 Å². The third-order valence-electron chi connectivity index (χ3n) is 5.04. The Morgan fingerprint density at radius 1 is 1.22 bits per heavy atom. The summed E-state index contributed by atoms with van der Waals surface area (Å²) in [5.74, 6) is -0.0160. The summed E-state index contributed by atoms with van der Waals surface area (Å²) in [6.45, 7) is 3.31. The van der Waals surface area contributed by atoms with Crippen LogP contribution in [0.25, 0.3) is 11.0 Å². The van der Waals surface area contributed by atoms with Crippen LogP contribution in [-0.4, -0.2) is 42.9 Å². The topological polar surface area (TPSA) is 53.8 Å². The van der Waals surface area contributed by atoms with Gasteiger partial charge in [-0.3, -0.25) is 9.59 Å². The predicted molar refractivity (Wildman–Crippen MR) is 108 cm³/mol. The van der Waals surface area contributed by atoms with E-state index < -0.39 is 0 Å². The van der Waals surface area contributed by atoms with E-state index in [-0.39, 0.29) is 23.1 Å². The Bertz CT molecular complexity index is 1050. The zero-order chi connectivity index (χ0) is 19.1. The molecule has 1 aromatic carbocycles. The Labute approximate surface area is 161 Å². The van der Waals surface area contributed by atoms with E-state index in [0.717, 1.165) is 23.4 Å². The average Bonchev–Trinajstić information content (AvgIpc) is 3.27. The van der Waals surface area contributed by atoms with Crippen molar-refractivity contribution in [2.75, 3.05) is 27.2 Å². The molecule has 4 rings (SSSR count). The van der Waals surface area contributed by atoms with Crippen molar-refractivity contribution < 1.29 is 9.21 Å². The van der Waals surface area contributed by atoms with Crippen LogP contribution in [0.3, 0.4) is 0 Å². The van der Waals surface area contributed by atoms with Crippen LogP contribution >= 0.6 is 11.3 Å². The monoisotopic (exact) mass is 382 g/mol. The van der Waals surface area contributed by atoms with Crippen LogP contribution in [0.4, 0.5) is 0 Å². The zero-order valence-corrected chi connectivity index (χ0v) is 16.5. The lowest BCUT2D eigenvalue weighted by Crippen LogP contribution is -2.35. The SMILES string of the molecule is CCc1ccc2oc3c(c(=O)c2c1)C(c1cccs1)N(CCN(C)C)C3=O. The number of hydrogen-bond acceptors (Lipinski definition) is 5. The van der Waals surface area contributed by atoms with Crippen LogP contribution < -0.4 is 5.43 Å².